The maximum absolute atomic E-state index is 14.2. The Morgan fingerprint density at radius 2 is 1.10 bits per heavy atom. The Bertz CT molecular complexity index is 1640. The molecule has 0 saturated carbocycles. The minimum Gasteiger partial charge on any atom is -0.449 e. The van der Waals surface area contributed by atoms with Crippen molar-refractivity contribution in [2.24, 2.45) is 5.92 Å². The molecule has 3 amide bonds. The highest BCUT2D eigenvalue weighted by molar-refractivity contribution is 5.86. The predicted octanol–water partition coefficient (Wildman–Crippen LogP) is 14.9. The highest BCUT2D eigenvalue weighted by Crippen LogP contribution is 2.44. The zero-order valence-electron chi connectivity index (χ0n) is 44.3. The number of carbonyl (C=O) groups excluding carboxylic acids is 3. The molecule has 0 spiro atoms. The Kier molecular flexibility index (Phi) is 29.1. The lowest BCUT2D eigenvalue weighted by atomic mass is 9.90. The summed E-state index contributed by atoms with van der Waals surface area (Å²) >= 11 is 0. The van der Waals surface area contributed by atoms with Crippen LogP contribution in [-0.4, -0.2) is 86.8 Å². The number of ether oxygens (including phenoxy) is 4. The van der Waals surface area contributed by atoms with Gasteiger partial charge in [0, 0.05) is 38.8 Å². The normalized spacial score (nSPS) is 14.8. The molecule has 2 aromatic carbocycles. The molecule has 4 rings (SSSR count). The van der Waals surface area contributed by atoms with Crippen LogP contribution >= 0.6 is 0 Å². The lowest BCUT2D eigenvalue weighted by molar-refractivity contribution is -0.124. The molecule has 1 fully saturated rings. The Labute approximate surface area is 419 Å². The summed E-state index contributed by atoms with van der Waals surface area (Å²) in [6.07, 6.45) is 31.6. The van der Waals surface area contributed by atoms with Crippen molar-refractivity contribution >= 4 is 18.1 Å². The van der Waals surface area contributed by atoms with Gasteiger partial charge in [-0.05, 0) is 81.0 Å². The molecule has 1 aliphatic carbocycles. The first kappa shape index (κ1) is 57.9. The molecule has 0 aromatic heterocycles. The van der Waals surface area contributed by atoms with Crippen LogP contribution in [-0.2, 0) is 23.7 Å². The first-order valence-electron chi connectivity index (χ1n) is 28.2. The molecule has 2 aliphatic rings. The largest absolute Gasteiger partial charge is 0.449 e. The van der Waals surface area contributed by atoms with Crippen LogP contribution in [0.4, 0.5) is 9.59 Å². The third kappa shape index (κ3) is 23.9. The number of rotatable bonds is 37. The van der Waals surface area contributed by atoms with Crippen molar-refractivity contribution in [1.82, 2.24) is 15.5 Å². The monoisotopic (exact) mass is 960 g/mol. The van der Waals surface area contributed by atoms with Crippen LogP contribution in [0.5, 0.6) is 0 Å². The van der Waals surface area contributed by atoms with Gasteiger partial charge in [0.05, 0.1) is 12.7 Å². The number of hydrogen-bond donors (Lipinski definition) is 2. The van der Waals surface area contributed by atoms with E-state index in [1.807, 2.05) is 45.0 Å². The van der Waals surface area contributed by atoms with Gasteiger partial charge in [-0.2, -0.15) is 0 Å². The van der Waals surface area contributed by atoms with Gasteiger partial charge < -0.3 is 34.5 Å². The maximum Gasteiger partial charge on any atom is 0.410 e. The summed E-state index contributed by atoms with van der Waals surface area (Å²) in [7, 11) is 0. The lowest BCUT2D eigenvalue weighted by Crippen LogP contribution is -2.51. The average Bonchev–Trinajstić information content (AvgIpc) is 3.66. The summed E-state index contributed by atoms with van der Waals surface area (Å²) in [6.45, 7) is 13.4. The van der Waals surface area contributed by atoms with Gasteiger partial charge in [0.1, 0.15) is 18.2 Å². The summed E-state index contributed by atoms with van der Waals surface area (Å²) in [5.41, 5.74) is 4.01. The standard InChI is InChI=1S/C59H97N3O7/c1-6-8-10-12-14-16-18-20-22-24-26-32-42-66-46-49(67-43-33-27-25-23-21-19-17-15-13-11-9-7-2)45-60-56(63)55(44-48-38-40-62(41-39-48)58(65)69-59(3,4)5)61-57(64)68-47-54-52-36-30-28-34-50(52)51-35-29-31-37-53(51)54/h28-31,34-37,48-49,54-55H,6-27,32-33,38-47H2,1-5H3,(H,60,63)(H,61,64). The second-order valence-corrected chi connectivity index (χ2v) is 21.3. The fourth-order valence-corrected chi connectivity index (χ4v) is 9.98. The molecule has 2 N–H and O–H groups in total. The quantitative estimate of drug-likeness (QED) is 0.0648. The highest BCUT2D eigenvalue weighted by atomic mass is 16.6. The van der Waals surface area contributed by atoms with E-state index in [2.05, 4.69) is 48.7 Å². The molecular weight excluding hydrogens is 863 g/mol. The Morgan fingerprint density at radius 3 is 1.59 bits per heavy atom. The summed E-state index contributed by atoms with van der Waals surface area (Å²) in [4.78, 5) is 42.5. The van der Waals surface area contributed by atoms with Gasteiger partial charge in [-0.3, -0.25) is 4.79 Å². The fraction of sp³-hybridized carbons (Fsp3) is 0.746. The van der Waals surface area contributed by atoms with Crippen molar-refractivity contribution in [1.29, 1.82) is 0 Å². The van der Waals surface area contributed by atoms with Crippen molar-refractivity contribution in [2.45, 2.75) is 232 Å². The van der Waals surface area contributed by atoms with Crippen LogP contribution in [0.25, 0.3) is 11.1 Å². The molecule has 10 nitrogen and oxygen atoms in total. The number of nitrogens with zero attached hydrogens (tertiary/aromatic N) is 1. The van der Waals surface area contributed by atoms with Crippen LogP contribution in [0.2, 0.25) is 0 Å². The fourth-order valence-electron chi connectivity index (χ4n) is 9.98. The Balaban J connectivity index is 1.29. The third-order valence-corrected chi connectivity index (χ3v) is 14.1. The molecule has 2 aromatic rings. The number of unbranched alkanes of at least 4 members (excludes halogenated alkanes) is 22. The van der Waals surface area contributed by atoms with E-state index in [0.717, 1.165) is 47.9 Å². The molecule has 1 aliphatic heterocycles. The molecule has 0 bridgehead atoms. The number of alkyl carbamates (subject to hydrolysis) is 1. The summed E-state index contributed by atoms with van der Waals surface area (Å²) in [6, 6.07) is 15.7. The lowest BCUT2D eigenvalue weighted by Gasteiger charge is -2.34. The molecule has 10 heteroatoms. The minimum absolute atomic E-state index is 0.0921. The molecule has 1 heterocycles. The number of nitrogens with one attached hydrogen (secondary N) is 2. The summed E-state index contributed by atoms with van der Waals surface area (Å²) < 4.78 is 24.2. The van der Waals surface area contributed by atoms with E-state index < -0.39 is 17.7 Å². The second kappa shape index (κ2) is 34.7. The van der Waals surface area contributed by atoms with Gasteiger partial charge in [-0.15, -0.1) is 0 Å². The van der Waals surface area contributed by atoms with Crippen molar-refractivity contribution < 1.29 is 33.3 Å². The topological polar surface area (TPSA) is 115 Å². The Hall–Kier alpha value is -3.63. The number of benzene rings is 2. The second-order valence-electron chi connectivity index (χ2n) is 21.3. The van der Waals surface area contributed by atoms with Gasteiger partial charge in [-0.1, -0.05) is 204 Å². The number of fused-ring (bicyclic) bond motifs is 3. The molecule has 0 radical (unpaired) electrons. The number of hydrogen-bond acceptors (Lipinski definition) is 7. The first-order chi connectivity index (χ1) is 33.6. The zero-order chi connectivity index (χ0) is 49.4. The van der Waals surface area contributed by atoms with E-state index in [9.17, 15) is 14.4 Å². The summed E-state index contributed by atoms with van der Waals surface area (Å²) in [5, 5.41) is 6.12. The number of likely N-dealkylation sites (tertiary alicyclic amines) is 1. The SMILES string of the molecule is CCCCCCCCCCCCCCOCC(CNC(=O)C(CC1CCN(C(=O)OC(C)(C)C)CC1)NC(=O)OCC1c2ccccc2-c2ccccc21)OCCCCCCCCCCCCCC. The van der Waals surface area contributed by atoms with Crippen LogP contribution in [0.15, 0.2) is 48.5 Å². The van der Waals surface area contributed by atoms with E-state index >= 15 is 0 Å². The van der Waals surface area contributed by atoms with E-state index in [1.165, 1.54) is 128 Å². The molecule has 2 atom stereocenters. The van der Waals surface area contributed by atoms with Crippen LogP contribution < -0.4 is 10.6 Å². The van der Waals surface area contributed by atoms with Crippen molar-refractivity contribution in [2.75, 3.05) is 46.1 Å². The molecule has 1 saturated heterocycles. The molecule has 2 unspecified atom stereocenters. The smallest absolute Gasteiger partial charge is 0.410 e. The van der Waals surface area contributed by atoms with Crippen molar-refractivity contribution in [3.05, 3.63) is 59.7 Å². The van der Waals surface area contributed by atoms with Crippen LogP contribution in [0.1, 0.15) is 225 Å². The van der Waals surface area contributed by atoms with Crippen molar-refractivity contribution in [3.63, 3.8) is 0 Å². The Morgan fingerprint density at radius 1 is 0.638 bits per heavy atom. The van der Waals surface area contributed by atoms with E-state index in [-0.39, 0.29) is 43.1 Å². The van der Waals surface area contributed by atoms with Crippen LogP contribution in [0.3, 0.4) is 0 Å². The zero-order valence-corrected chi connectivity index (χ0v) is 44.3. The van der Waals surface area contributed by atoms with E-state index in [0.29, 0.717) is 52.2 Å². The van der Waals surface area contributed by atoms with Gasteiger partial charge in [0.25, 0.3) is 0 Å². The van der Waals surface area contributed by atoms with E-state index in [1.54, 1.807) is 4.90 Å². The highest BCUT2D eigenvalue weighted by Gasteiger charge is 2.33. The summed E-state index contributed by atoms with van der Waals surface area (Å²) in [5.74, 6) is -0.242. The molecule has 69 heavy (non-hydrogen) atoms. The van der Waals surface area contributed by atoms with Gasteiger partial charge in [0.15, 0.2) is 0 Å². The van der Waals surface area contributed by atoms with Gasteiger partial charge in [0.2, 0.25) is 5.91 Å². The third-order valence-electron chi connectivity index (χ3n) is 14.1. The number of carbonyl (C=O) groups is 3. The van der Waals surface area contributed by atoms with Crippen molar-refractivity contribution in [3.8, 4) is 11.1 Å². The molecule has 390 valence electrons. The van der Waals surface area contributed by atoms with E-state index in [4.69, 9.17) is 18.9 Å². The maximum atomic E-state index is 14.2. The van der Waals surface area contributed by atoms with Gasteiger partial charge in [-0.25, -0.2) is 9.59 Å². The first-order valence-corrected chi connectivity index (χ1v) is 28.2. The molecular formula is C59H97N3O7. The van der Waals surface area contributed by atoms with Gasteiger partial charge >= 0.3 is 12.2 Å². The van der Waals surface area contributed by atoms with Crippen LogP contribution in [0, 0.1) is 5.92 Å². The number of piperidine rings is 1. The minimum atomic E-state index is -0.822. The number of amides is 3. The average molecular weight is 960 g/mol. The predicted molar refractivity (Wildman–Crippen MR) is 283 cm³/mol.